The number of hydrogen-bond donors (Lipinski definition) is 0. The van der Waals surface area contributed by atoms with Gasteiger partial charge in [-0.25, -0.2) is 0 Å². The van der Waals surface area contributed by atoms with Gasteiger partial charge in [-0.1, -0.05) is 22.0 Å². The second-order valence-corrected chi connectivity index (χ2v) is 7.49. The first-order chi connectivity index (χ1) is 9.65. The molecule has 0 radical (unpaired) electrons. The molecular weight excluding hydrogens is 404 g/mol. The van der Waals surface area contributed by atoms with Crippen molar-refractivity contribution in [1.29, 1.82) is 0 Å². The fourth-order valence-corrected chi connectivity index (χ4v) is 4.00. The smallest absolute Gasteiger partial charge is 0.161 e. The maximum Gasteiger partial charge on any atom is 0.161 e. The molecule has 0 aliphatic rings. The quantitative estimate of drug-likeness (QED) is 0.551. The van der Waals surface area contributed by atoms with Crippen LogP contribution in [0.2, 0.25) is 0 Å². The summed E-state index contributed by atoms with van der Waals surface area (Å²) in [7, 11) is 0. The lowest BCUT2D eigenvalue weighted by atomic mass is 10.1. The van der Waals surface area contributed by atoms with Crippen molar-refractivity contribution in [1.82, 2.24) is 0 Å². The minimum absolute atomic E-state index is 0.161. The molecule has 0 saturated heterocycles. The Balaban J connectivity index is 2.29. The second-order valence-electron chi connectivity index (χ2n) is 4.08. The van der Waals surface area contributed by atoms with Gasteiger partial charge in [-0.2, -0.15) is 0 Å². The average molecular weight is 420 g/mol. The Hall–Kier alpha value is -0.520. The van der Waals surface area contributed by atoms with E-state index >= 15 is 0 Å². The van der Waals surface area contributed by atoms with E-state index in [1.54, 1.807) is 11.3 Å². The molecule has 1 unspecified atom stereocenters. The van der Waals surface area contributed by atoms with E-state index in [1.165, 1.54) is 4.88 Å². The molecule has 1 aromatic heterocycles. The normalized spacial score (nSPS) is 12.2. The first-order valence-electron chi connectivity index (χ1n) is 6.44. The van der Waals surface area contributed by atoms with Gasteiger partial charge in [-0.05, 0) is 59.6 Å². The highest BCUT2D eigenvalue weighted by atomic mass is 79.9. The minimum Gasteiger partial charge on any atom is -0.490 e. The van der Waals surface area contributed by atoms with Gasteiger partial charge in [0, 0.05) is 4.88 Å². The van der Waals surface area contributed by atoms with Gasteiger partial charge in [0.05, 0.1) is 21.8 Å². The number of rotatable bonds is 6. The third kappa shape index (κ3) is 3.77. The van der Waals surface area contributed by atoms with Gasteiger partial charge < -0.3 is 9.47 Å². The van der Waals surface area contributed by atoms with Crippen molar-refractivity contribution in [2.45, 2.75) is 18.7 Å². The van der Waals surface area contributed by atoms with Crippen LogP contribution in [-0.4, -0.2) is 13.2 Å². The largest absolute Gasteiger partial charge is 0.490 e. The summed E-state index contributed by atoms with van der Waals surface area (Å²) in [5, 5.41) is 0. The molecule has 2 nitrogen and oxygen atoms in total. The van der Waals surface area contributed by atoms with E-state index < -0.39 is 0 Å². The highest BCUT2D eigenvalue weighted by Crippen LogP contribution is 2.40. The molecule has 0 saturated carbocycles. The zero-order valence-corrected chi connectivity index (χ0v) is 15.3. The van der Waals surface area contributed by atoms with E-state index in [1.807, 2.05) is 26.0 Å². The van der Waals surface area contributed by atoms with E-state index in [0.29, 0.717) is 13.2 Å². The lowest BCUT2D eigenvalue weighted by Crippen LogP contribution is -2.00. The molecule has 20 heavy (non-hydrogen) atoms. The standard InChI is InChI=1S/C15H16Br2O2S/c1-3-18-11-6-5-10(9-12(11)19-4-2)15(17)13-7-8-14(16)20-13/h5-9,15H,3-4H2,1-2H3. The summed E-state index contributed by atoms with van der Waals surface area (Å²) in [6.45, 7) is 5.21. The Morgan fingerprint density at radius 1 is 1.05 bits per heavy atom. The predicted molar refractivity (Wildman–Crippen MR) is 91.6 cm³/mol. The molecule has 108 valence electrons. The average Bonchev–Trinajstić information content (AvgIpc) is 2.87. The molecule has 2 aromatic rings. The highest BCUT2D eigenvalue weighted by Gasteiger charge is 2.15. The number of alkyl halides is 1. The Labute approximate surface area is 140 Å². The first kappa shape index (κ1) is 15.9. The van der Waals surface area contributed by atoms with Crippen LogP contribution in [-0.2, 0) is 0 Å². The SMILES string of the molecule is CCOc1ccc(C(Br)c2ccc(Br)s2)cc1OCC. The van der Waals surface area contributed by atoms with E-state index in [0.717, 1.165) is 20.8 Å². The van der Waals surface area contributed by atoms with Crippen LogP contribution in [0.3, 0.4) is 0 Å². The van der Waals surface area contributed by atoms with Crippen LogP contribution in [0.1, 0.15) is 29.1 Å². The molecule has 1 heterocycles. The molecule has 2 rings (SSSR count). The summed E-state index contributed by atoms with van der Waals surface area (Å²) in [6, 6.07) is 10.3. The van der Waals surface area contributed by atoms with Gasteiger partial charge in [0.2, 0.25) is 0 Å². The third-order valence-corrected chi connectivity index (χ3v) is 5.72. The predicted octanol–water partition coefficient (Wildman–Crippen LogP) is 5.79. The molecule has 0 fully saturated rings. The summed E-state index contributed by atoms with van der Waals surface area (Å²) < 4.78 is 12.4. The number of benzene rings is 1. The fourth-order valence-electron chi connectivity index (χ4n) is 1.85. The minimum atomic E-state index is 0.161. The van der Waals surface area contributed by atoms with Crippen LogP contribution < -0.4 is 9.47 Å². The van der Waals surface area contributed by atoms with E-state index in [2.05, 4.69) is 50.1 Å². The van der Waals surface area contributed by atoms with Crippen molar-refractivity contribution in [3.8, 4) is 11.5 Å². The van der Waals surface area contributed by atoms with Crippen LogP contribution in [0.15, 0.2) is 34.1 Å². The number of thiophene rings is 1. The Kier molecular flexibility index (Phi) is 5.93. The Morgan fingerprint density at radius 3 is 2.35 bits per heavy atom. The molecule has 0 bridgehead atoms. The first-order valence-corrected chi connectivity index (χ1v) is 8.97. The van der Waals surface area contributed by atoms with Gasteiger partial charge in [0.25, 0.3) is 0 Å². The van der Waals surface area contributed by atoms with Crippen molar-refractivity contribution >= 4 is 43.2 Å². The van der Waals surface area contributed by atoms with Gasteiger partial charge in [-0.15, -0.1) is 11.3 Å². The lowest BCUT2D eigenvalue weighted by molar-refractivity contribution is 0.287. The zero-order chi connectivity index (χ0) is 14.5. The molecule has 0 spiro atoms. The van der Waals surface area contributed by atoms with Gasteiger partial charge >= 0.3 is 0 Å². The van der Waals surface area contributed by atoms with E-state index in [4.69, 9.17) is 9.47 Å². The Morgan fingerprint density at radius 2 is 1.75 bits per heavy atom. The maximum absolute atomic E-state index is 5.67. The summed E-state index contributed by atoms with van der Waals surface area (Å²) in [6.07, 6.45) is 0. The summed E-state index contributed by atoms with van der Waals surface area (Å²) in [5.74, 6) is 1.59. The van der Waals surface area contributed by atoms with Gasteiger partial charge in [0.15, 0.2) is 11.5 Å². The van der Waals surface area contributed by atoms with Crippen LogP contribution in [0, 0.1) is 0 Å². The molecule has 5 heteroatoms. The summed E-state index contributed by atoms with van der Waals surface area (Å²) in [5.41, 5.74) is 1.16. The summed E-state index contributed by atoms with van der Waals surface area (Å²) in [4.78, 5) is 1.41. The number of ether oxygens (including phenoxy) is 2. The van der Waals surface area contributed by atoms with Crippen LogP contribution >= 0.6 is 43.2 Å². The topological polar surface area (TPSA) is 18.5 Å². The molecule has 1 atom stereocenters. The van der Waals surface area contributed by atoms with Crippen molar-refractivity contribution in [2.24, 2.45) is 0 Å². The highest BCUT2D eigenvalue weighted by molar-refractivity contribution is 9.11. The van der Waals surface area contributed by atoms with Gasteiger partial charge in [-0.3, -0.25) is 0 Å². The molecule has 1 aromatic carbocycles. The van der Waals surface area contributed by atoms with Crippen molar-refractivity contribution < 1.29 is 9.47 Å². The van der Waals surface area contributed by atoms with Crippen molar-refractivity contribution in [3.05, 3.63) is 44.6 Å². The molecular formula is C15H16Br2O2S. The fraction of sp³-hybridized carbons (Fsp3) is 0.333. The lowest BCUT2D eigenvalue weighted by Gasteiger charge is -2.14. The molecule has 0 aliphatic carbocycles. The molecule has 0 aliphatic heterocycles. The number of hydrogen-bond acceptors (Lipinski definition) is 3. The van der Waals surface area contributed by atoms with E-state index in [-0.39, 0.29) is 4.83 Å². The number of halogens is 2. The monoisotopic (exact) mass is 418 g/mol. The van der Waals surface area contributed by atoms with E-state index in [9.17, 15) is 0 Å². The van der Waals surface area contributed by atoms with Crippen LogP contribution in [0.5, 0.6) is 11.5 Å². The Bertz CT molecular complexity index is 569. The second kappa shape index (κ2) is 7.48. The van der Waals surface area contributed by atoms with Crippen molar-refractivity contribution in [2.75, 3.05) is 13.2 Å². The maximum atomic E-state index is 5.67. The molecule has 0 amide bonds. The molecule has 0 N–H and O–H groups in total. The van der Waals surface area contributed by atoms with Crippen molar-refractivity contribution in [3.63, 3.8) is 0 Å². The van der Waals surface area contributed by atoms with Gasteiger partial charge in [0.1, 0.15) is 0 Å². The third-order valence-electron chi connectivity index (χ3n) is 2.70. The zero-order valence-electron chi connectivity index (χ0n) is 11.4. The van der Waals surface area contributed by atoms with Crippen LogP contribution in [0.4, 0.5) is 0 Å². The summed E-state index contributed by atoms with van der Waals surface area (Å²) >= 11 is 8.97. The van der Waals surface area contributed by atoms with Crippen LogP contribution in [0.25, 0.3) is 0 Å².